The molecule has 2 aliphatic heterocycles. The fourth-order valence-corrected chi connectivity index (χ4v) is 3.54. The topological polar surface area (TPSA) is 44.5 Å². The summed E-state index contributed by atoms with van der Waals surface area (Å²) in [6.45, 7) is 8.34. The van der Waals surface area contributed by atoms with Crippen molar-refractivity contribution in [2.75, 3.05) is 45.8 Å². The fourth-order valence-electron chi connectivity index (χ4n) is 3.54. The number of nitrogens with one attached hydrogen (secondary N) is 1. The Labute approximate surface area is 125 Å². The molecule has 4 heteroatoms. The van der Waals surface area contributed by atoms with Crippen LogP contribution in [0.25, 0.3) is 0 Å². The number of hydrogen-bond donors (Lipinski definition) is 2. The van der Waals surface area contributed by atoms with Crippen LogP contribution in [0.15, 0.2) is 0 Å². The molecule has 0 aromatic rings. The first-order valence-electron chi connectivity index (χ1n) is 8.80. The molecule has 1 atom stereocenters. The molecule has 4 nitrogen and oxygen atoms in total. The van der Waals surface area contributed by atoms with Crippen LogP contribution >= 0.6 is 0 Å². The van der Waals surface area contributed by atoms with Gasteiger partial charge in [-0.1, -0.05) is 6.42 Å². The standard InChI is InChI=1S/C16H34N4/c17-9-6-15-20-14-5-2-8-16(20)18-10-7-13-19-11-3-1-4-12-19/h16,18H,1-15,17H2. The van der Waals surface area contributed by atoms with Crippen molar-refractivity contribution >= 4 is 0 Å². The number of nitrogens with zero attached hydrogens (tertiary/aromatic N) is 2. The molecular formula is C16H34N4. The molecule has 2 saturated heterocycles. The Bertz CT molecular complexity index is 241. The Morgan fingerprint density at radius 2 is 1.70 bits per heavy atom. The summed E-state index contributed by atoms with van der Waals surface area (Å²) in [7, 11) is 0. The highest BCUT2D eigenvalue weighted by molar-refractivity contribution is 4.75. The minimum Gasteiger partial charge on any atom is -0.330 e. The number of rotatable bonds is 8. The molecule has 0 aromatic heterocycles. The van der Waals surface area contributed by atoms with Gasteiger partial charge in [0.2, 0.25) is 0 Å². The van der Waals surface area contributed by atoms with Gasteiger partial charge in [0.05, 0.1) is 6.17 Å². The van der Waals surface area contributed by atoms with E-state index in [1.54, 1.807) is 0 Å². The Morgan fingerprint density at radius 3 is 2.50 bits per heavy atom. The minimum absolute atomic E-state index is 0.608. The molecule has 1 unspecified atom stereocenters. The van der Waals surface area contributed by atoms with Gasteiger partial charge in [-0.05, 0) is 84.2 Å². The summed E-state index contributed by atoms with van der Waals surface area (Å²) in [4.78, 5) is 5.25. The first-order chi connectivity index (χ1) is 9.90. The van der Waals surface area contributed by atoms with Gasteiger partial charge < -0.3 is 16.0 Å². The molecule has 2 aliphatic rings. The van der Waals surface area contributed by atoms with Crippen molar-refractivity contribution in [2.45, 2.75) is 57.5 Å². The fraction of sp³-hybridized carbons (Fsp3) is 1.00. The van der Waals surface area contributed by atoms with Crippen molar-refractivity contribution in [3.63, 3.8) is 0 Å². The highest BCUT2D eigenvalue weighted by atomic mass is 15.3. The second-order valence-corrected chi connectivity index (χ2v) is 6.40. The summed E-state index contributed by atoms with van der Waals surface area (Å²) >= 11 is 0. The monoisotopic (exact) mass is 282 g/mol. The highest BCUT2D eigenvalue weighted by Gasteiger charge is 2.20. The molecule has 118 valence electrons. The van der Waals surface area contributed by atoms with Crippen LogP contribution in [0, 0.1) is 0 Å². The summed E-state index contributed by atoms with van der Waals surface area (Å²) < 4.78 is 0. The van der Waals surface area contributed by atoms with E-state index in [4.69, 9.17) is 5.73 Å². The van der Waals surface area contributed by atoms with Crippen LogP contribution in [0.4, 0.5) is 0 Å². The predicted molar refractivity (Wildman–Crippen MR) is 85.8 cm³/mol. The summed E-state index contributed by atoms with van der Waals surface area (Å²) in [5.41, 5.74) is 5.64. The van der Waals surface area contributed by atoms with E-state index in [1.165, 1.54) is 84.2 Å². The molecule has 3 N–H and O–H groups in total. The minimum atomic E-state index is 0.608. The maximum atomic E-state index is 5.64. The van der Waals surface area contributed by atoms with Crippen LogP contribution in [-0.2, 0) is 0 Å². The second kappa shape index (κ2) is 9.72. The number of nitrogens with two attached hydrogens (primary N) is 1. The van der Waals surface area contributed by atoms with Gasteiger partial charge >= 0.3 is 0 Å². The maximum Gasteiger partial charge on any atom is 0.0597 e. The van der Waals surface area contributed by atoms with Gasteiger partial charge in [0.1, 0.15) is 0 Å². The van der Waals surface area contributed by atoms with E-state index in [2.05, 4.69) is 15.1 Å². The van der Waals surface area contributed by atoms with Gasteiger partial charge in [0.25, 0.3) is 0 Å². The van der Waals surface area contributed by atoms with Gasteiger partial charge in [-0.2, -0.15) is 0 Å². The van der Waals surface area contributed by atoms with Crippen molar-refractivity contribution in [1.82, 2.24) is 15.1 Å². The second-order valence-electron chi connectivity index (χ2n) is 6.40. The molecule has 2 fully saturated rings. The third-order valence-electron chi connectivity index (χ3n) is 4.74. The van der Waals surface area contributed by atoms with E-state index < -0.39 is 0 Å². The maximum absolute atomic E-state index is 5.64. The first-order valence-corrected chi connectivity index (χ1v) is 8.80. The Hall–Kier alpha value is -0.160. The zero-order valence-corrected chi connectivity index (χ0v) is 13.2. The van der Waals surface area contributed by atoms with Crippen LogP contribution in [0.1, 0.15) is 51.4 Å². The van der Waals surface area contributed by atoms with E-state index >= 15 is 0 Å². The number of likely N-dealkylation sites (tertiary alicyclic amines) is 2. The van der Waals surface area contributed by atoms with Gasteiger partial charge in [0, 0.05) is 6.54 Å². The zero-order chi connectivity index (χ0) is 14.0. The van der Waals surface area contributed by atoms with Crippen LogP contribution < -0.4 is 11.1 Å². The quantitative estimate of drug-likeness (QED) is 0.664. The zero-order valence-electron chi connectivity index (χ0n) is 13.2. The molecule has 0 radical (unpaired) electrons. The average molecular weight is 282 g/mol. The van der Waals surface area contributed by atoms with Crippen LogP contribution in [0.2, 0.25) is 0 Å². The van der Waals surface area contributed by atoms with Crippen molar-refractivity contribution in [3.8, 4) is 0 Å². The summed E-state index contributed by atoms with van der Waals surface area (Å²) in [6.07, 6.45) is 11.3. The van der Waals surface area contributed by atoms with E-state index in [9.17, 15) is 0 Å². The molecule has 2 heterocycles. The number of hydrogen-bond acceptors (Lipinski definition) is 4. The lowest BCUT2D eigenvalue weighted by molar-refractivity contribution is 0.118. The average Bonchev–Trinajstić information content (AvgIpc) is 2.51. The molecule has 2 rings (SSSR count). The van der Waals surface area contributed by atoms with E-state index in [0.717, 1.165) is 13.0 Å². The van der Waals surface area contributed by atoms with Gasteiger partial charge in [-0.25, -0.2) is 0 Å². The number of piperidine rings is 2. The molecule has 0 aliphatic carbocycles. The van der Waals surface area contributed by atoms with Crippen molar-refractivity contribution in [2.24, 2.45) is 5.73 Å². The largest absolute Gasteiger partial charge is 0.330 e. The Kier molecular flexibility index (Phi) is 7.88. The SMILES string of the molecule is NCCCN1CCCCC1NCCCN1CCCCC1. The molecule has 0 bridgehead atoms. The molecular weight excluding hydrogens is 248 g/mol. The molecule has 0 saturated carbocycles. The summed E-state index contributed by atoms with van der Waals surface area (Å²) in [6, 6.07) is 0. The van der Waals surface area contributed by atoms with E-state index in [1.807, 2.05) is 0 Å². The van der Waals surface area contributed by atoms with Crippen molar-refractivity contribution in [3.05, 3.63) is 0 Å². The molecule has 0 aromatic carbocycles. The lowest BCUT2D eigenvalue weighted by Crippen LogP contribution is -2.49. The van der Waals surface area contributed by atoms with Crippen LogP contribution in [-0.4, -0.2) is 61.8 Å². The highest BCUT2D eigenvalue weighted by Crippen LogP contribution is 2.15. The Balaban J connectivity index is 1.58. The van der Waals surface area contributed by atoms with Gasteiger partial charge in [-0.3, -0.25) is 4.90 Å². The predicted octanol–water partition coefficient (Wildman–Crippen LogP) is 1.61. The smallest absolute Gasteiger partial charge is 0.0597 e. The normalized spacial score (nSPS) is 25.9. The molecule has 0 spiro atoms. The third kappa shape index (κ3) is 5.68. The summed E-state index contributed by atoms with van der Waals surface area (Å²) in [5.74, 6) is 0. The van der Waals surface area contributed by atoms with Crippen LogP contribution in [0.5, 0.6) is 0 Å². The molecule has 20 heavy (non-hydrogen) atoms. The Morgan fingerprint density at radius 1 is 0.900 bits per heavy atom. The van der Waals surface area contributed by atoms with Crippen molar-refractivity contribution < 1.29 is 0 Å². The molecule has 0 amide bonds. The third-order valence-corrected chi connectivity index (χ3v) is 4.74. The van der Waals surface area contributed by atoms with Gasteiger partial charge in [-0.15, -0.1) is 0 Å². The van der Waals surface area contributed by atoms with E-state index in [-0.39, 0.29) is 0 Å². The van der Waals surface area contributed by atoms with E-state index in [0.29, 0.717) is 6.17 Å². The van der Waals surface area contributed by atoms with Gasteiger partial charge in [0.15, 0.2) is 0 Å². The lowest BCUT2D eigenvalue weighted by Gasteiger charge is -2.36. The first kappa shape index (κ1) is 16.2. The lowest BCUT2D eigenvalue weighted by atomic mass is 10.1. The van der Waals surface area contributed by atoms with Crippen molar-refractivity contribution in [1.29, 1.82) is 0 Å². The van der Waals surface area contributed by atoms with Crippen LogP contribution in [0.3, 0.4) is 0 Å². The summed E-state index contributed by atoms with van der Waals surface area (Å²) in [5, 5.41) is 3.78.